The minimum atomic E-state index is -0.371. The first kappa shape index (κ1) is 14.3. The number of primary amides is 1. The van der Waals surface area contributed by atoms with Crippen LogP contribution in [0, 0.1) is 5.92 Å². The predicted molar refractivity (Wildman–Crippen MR) is 86.7 cm³/mol. The Balaban J connectivity index is 1.85. The van der Waals surface area contributed by atoms with Gasteiger partial charge in [-0.25, -0.2) is 4.98 Å². The third kappa shape index (κ3) is 2.87. The Morgan fingerprint density at radius 2 is 2.19 bits per heavy atom. The van der Waals surface area contributed by atoms with E-state index in [4.69, 9.17) is 11.5 Å². The van der Waals surface area contributed by atoms with Crippen molar-refractivity contribution in [3.63, 3.8) is 0 Å². The zero-order chi connectivity index (χ0) is 14.8. The molecule has 1 saturated heterocycles. The second-order valence-electron chi connectivity index (χ2n) is 5.54. The highest BCUT2D eigenvalue weighted by Crippen LogP contribution is 2.34. The number of hydrogen-bond donors (Lipinski definition) is 2. The lowest BCUT2D eigenvalue weighted by Crippen LogP contribution is -2.34. The fourth-order valence-corrected chi connectivity index (χ4v) is 3.99. The minimum Gasteiger partial charge on any atom is -0.365 e. The number of anilines is 1. The van der Waals surface area contributed by atoms with Crippen LogP contribution in [0.5, 0.6) is 0 Å². The summed E-state index contributed by atoms with van der Waals surface area (Å²) in [6.07, 6.45) is 5.23. The van der Waals surface area contributed by atoms with Gasteiger partial charge >= 0.3 is 0 Å². The number of nitrogens with two attached hydrogens (primary N) is 2. The van der Waals surface area contributed by atoms with E-state index in [0.717, 1.165) is 60.7 Å². The fraction of sp³-hybridized carbons (Fsp3) is 0.467. The predicted octanol–water partition coefficient (Wildman–Crippen LogP) is 1.96. The monoisotopic (exact) mass is 304 g/mol. The molecule has 5 nitrogen and oxygen atoms in total. The van der Waals surface area contributed by atoms with E-state index in [1.54, 1.807) is 6.20 Å². The second kappa shape index (κ2) is 5.99. The molecule has 4 N–H and O–H groups in total. The van der Waals surface area contributed by atoms with Crippen molar-refractivity contribution in [2.24, 2.45) is 17.4 Å². The highest BCUT2D eigenvalue weighted by molar-refractivity contribution is 7.21. The number of carbonyl (C=O) groups excluding carboxylic acids is 1. The molecule has 3 rings (SSSR count). The smallest absolute Gasteiger partial charge is 0.258 e. The number of piperidine rings is 1. The maximum Gasteiger partial charge on any atom is 0.258 e. The Hall–Kier alpha value is -1.66. The molecule has 112 valence electrons. The minimum absolute atomic E-state index is 0.371. The van der Waals surface area contributed by atoms with Crippen LogP contribution in [-0.2, 0) is 0 Å². The Labute approximate surface area is 127 Å². The Kier molecular flexibility index (Phi) is 4.07. The van der Waals surface area contributed by atoms with Gasteiger partial charge in [-0.15, -0.1) is 11.3 Å². The molecule has 0 atom stereocenters. The molecule has 21 heavy (non-hydrogen) atoms. The van der Waals surface area contributed by atoms with Gasteiger partial charge in [0.1, 0.15) is 5.82 Å². The van der Waals surface area contributed by atoms with Gasteiger partial charge in [-0.2, -0.15) is 0 Å². The molecule has 0 aliphatic carbocycles. The first-order valence-corrected chi connectivity index (χ1v) is 8.14. The summed E-state index contributed by atoms with van der Waals surface area (Å²) in [6.45, 7) is 2.77. The van der Waals surface area contributed by atoms with Crippen molar-refractivity contribution in [3.05, 3.63) is 23.2 Å². The van der Waals surface area contributed by atoms with Crippen molar-refractivity contribution in [2.45, 2.75) is 19.3 Å². The van der Waals surface area contributed by atoms with Crippen LogP contribution in [0.4, 0.5) is 5.82 Å². The number of fused-ring (bicyclic) bond motifs is 1. The molecule has 1 aliphatic heterocycles. The van der Waals surface area contributed by atoms with Crippen molar-refractivity contribution < 1.29 is 4.79 Å². The number of nitrogens with zero attached hydrogens (tertiary/aromatic N) is 2. The summed E-state index contributed by atoms with van der Waals surface area (Å²) in [5.74, 6) is 1.34. The molecule has 0 unspecified atom stereocenters. The molecule has 0 radical (unpaired) electrons. The molecule has 1 aliphatic rings. The highest BCUT2D eigenvalue weighted by atomic mass is 32.1. The Morgan fingerprint density at radius 1 is 1.43 bits per heavy atom. The zero-order valence-electron chi connectivity index (χ0n) is 11.9. The van der Waals surface area contributed by atoms with E-state index in [2.05, 4.69) is 9.88 Å². The topological polar surface area (TPSA) is 85.2 Å². The lowest BCUT2D eigenvalue weighted by atomic mass is 9.93. The van der Waals surface area contributed by atoms with Gasteiger partial charge in [0.05, 0.1) is 9.58 Å². The third-order valence-corrected chi connectivity index (χ3v) is 5.31. The van der Waals surface area contributed by atoms with E-state index in [1.807, 2.05) is 12.1 Å². The average Bonchev–Trinajstić information content (AvgIpc) is 2.93. The molecule has 0 aromatic carbocycles. The summed E-state index contributed by atoms with van der Waals surface area (Å²) in [4.78, 5) is 18.8. The Bertz CT molecular complexity index is 646. The maximum absolute atomic E-state index is 11.4. The molecular formula is C15H20N4OS. The van der Waals surface area contributed by atoms with E-state index in [1.165, 1.54) is 11.3 Å². The molecule has 1 amide bonds. The summed E-state index contributed by atoms with van der Waals surface area (Å²) in [5.41, 5.74) is 11.0. The SMILES string of the molecule is NCCC1CCN(c2nccc3cc(C(N)=O)sc23)CC1. The highest BCUT2D eigenvalue weighted by Gasteiger charge is 2.22. The van der Waals surface area contributed by atoms with Crippen LogP contribution >= 0.6 is 11.3 Å². The summed E-state index contributed by atoms with van der Waals surface area (Å²) >= 11 is 1.44. The van der Waals surface area contributed by atoms with Crippen molar-refractivity contribution in [1.82, 2.24) is 4.98 Å². The van der Waals surface area contributed by atoms with E-state index >= 15 is 0 Å². The quantitative estimate of drug-likeness (QED) is 0.904. The van der Waals surface area contributed by atoms with E-state index in [9.17, 15) is 4.79 Å². The summed E-state index contributed by atoms with van der Waals surface area (Å²) in [6, 6.07) is 3.79. The van der Waals surface area contributed by atoms with Crippen molar-refractivity contribution in [3.8, 4) is 0 Å². The van der Waals surface area contributed by atoms with Gasteiger partial charge in [0.25, 0.3) is 5.91 Å². The maximum atomic E-state index is 11.4. The second-order valence-corrected chi connectivity index (χ2v) is 6.59. The molecule has 1 fully saturated rings. The molecular weight excluding hydrogens is 284 g/mol. The van der Waals surface area contributed by atoms with Crippen LogP contribution in [0.1, 0.15) is 28.9 Å². The molecule has 0 saturated carbocycles. The van der Waals surface area contributed by atoms with Crippen molar-refractivity contribution in [1.29, 1.82) is 0 Å². The van der Waals surface area contributed by atoms with Gasteiger partial charge in [-0.05, 0) is 49.2 Å². The first-order valence-electron chi connectivity index (χ1n) is 7.32. The zero-order valence-corrected chi connectivity index (χ0v) is 12.7. The number of amides is 1. The van der Waals surface area contributed by atoms with Crippen LogP contribution in [0.2, 0.25) is 0 Å². The van der Waals surface area contributed by atoms with Gasteiger partial charge in [0.15, 0.2) is 0 Å². The van der Waals surface area contributed by atoms with Crippen LogP contribution in [0.15, 0.2) is 18.3 Å². The lowest BCUT2D eigenvalue weighted by Gasteiger charge is -2.32. The van der Waals surface area contributed by atoms with Crippen LogP contribution < -0.4 is 16.4 Å². The van der Waals surface area contributed by atoms with Gasteiger partial charge in [-0.1, -0.05) is 0 Å². The van der Waals surface area contributed by atoms with E-state index < -0.39 is 0 Å². The number of hydrogen-bond acceptors (Lipinski definition) is 5. The van der Waals surface area contributed by atoms with Crippen LogP contribution in [-0.4, -0.2) is 30.5 Å². The standard InChI is InChI=1S/C15H20N4OS/c16-5-1-10-3-7-19(8-4-10)15-13-11(2-6-18-15)9-12(21-13)14(17)20/h2,6,9-10H,1,3-5,7-8,16H2,(H2,17,20). The summed E-state index contributed by atoms with van der Waals surface area (Å²) < 4.78 is 1.06. The average molecular weight is 304 g/mol. The number of rotatable bonds is 4. The number of aromatic nitrogens is 1. The van der Waals surface area contributed by atoms with Crippen LogP contribution in [0.3, 0.4) is 0 Å². The lowest BCUT2D eigenvalue weighted by molar-refractivity contribution is 0.100. The van der Waals surface area contributed by atoms with Crippen molar-refractivity contribution >= 4 is 33.1 Å². The summed E-state index contributed by atoms with van der Waals surface area (Å²) in [7, 11) is 0. The summed E-state index contributed by atoms with van der Waals surface area (Å²) in [5, 5.41) is 1.04. The van der Waals surface area contributed by atoms with Gasteiger partial charge in [0, 0.05) is 19.3 Å². The van der Waals surface area contributed by atoms with Crippen molar-refractivity contribution in [2.75, 3.05) is 24.5 Å². The molecule has 3 heterocycles. The van der Waals surface area contributed by atoms with Gasteiger partial charge < -0.3 is 16.4 Å². The van der Waals surface area contributed by atoms with E-state index in [-0.39, 0.29) is 5.91 Å². The fourth-order valence-electron chi connectivity index (χ4n) is 2.97. The number of pyridine rings is 1. The molecule has 0 spiro atoms. The van der Waals surface area contributed by atoms with E-state index in [0.29, 0.717) is 4.88 Å². The number of carbonyl (C=O) groups is 1. The van der Waals surface area contributed by atoms with Crippen LogP contribution in [0.25, 0.3) is 10.1 Å². The third-order valence-electron chi connectivity index (χ3n) is 4.15. The number of thiophene rings is 1. The molecule has 0 bridgehead atoms. The Morgan fingerprint density at radius 3 is 2.86 bits per heavy atom. The van der Waals surface area contributed by atoms with Gasteiger partial charge in [-0.3, -0.25) is 4.79 Å². The molecule has 2 aromatic heterocycles. The first-order chi connectivity index (χ1) is 10.2. The molecule has 2 aromatic rings. The van der Waals surface area contributed by atoms with Gasteiger partial charge in [0.2, 0.25) is 0 Å². The molecule has 6 heteroatoms. The normalized spacial score (nSPS) is 16.5. The largest absolute Gasteiger partial charge is 0.365 e.